The van der Waals surface area contributed by atoms with Crippen LogP contribution in [0.5, 0.6) is 0 Å². The molecule has 14 heavy (non-hydrogen) atoms. The maximum absolute atomic E-state index is 2.26. The zero-order chi connectivity index (χ0) is 10.6. The van der Waals surface area contributed by atoms with Crippen LogP contribution >= 0.6 is 11.8 Å². The third kappa shape index (κ3) is 8.18. The normalized spacial score (nSPS) is 11.4. The SMILES string of the molecule is CCCC(CC)SC.c1ccccc1. The molecule has 1 aromatic carbocycles. The van der Waals surface area contributed by atoms with Crippen LogP contribution in [0.15, 0.2) is 36.4 Å². The summed E-state index contributed by atoms with van der Waals surface area (Å²) in [5.41, 5.74) is 0. The lowest BCUT2D eigenvalue weighted by atomic mass is 10.2. The predicted octanol–water partition coefficient (Wildman–Crippen LogP) is 4.61. The van der Waals surface area contributed by atoms with Crippen molar-refractivity contribution in [3.63, 3.8) is 0 Å². The minimum absolute atomic E-state index is 0.917. The molecule has 0 saturated carbocycles. The highest BCUT2D eigenvalue weighted by Crippen LogP contribution is 2.15. The van der Waals surface area contributed by atoms with Crippen LogP contribution in [0.3, 0.4) is 0 Å². The third-order valence-corrected chi connectivity index (χ3v) is 3.30. The maximum atomic E-state index is 2.26. The lowest BCUT2D eigenvalue weighted by molar-refractivity contribution is 0.721. The summed E-state index contributed by atoms with van der Waals surface area (Å²) in [5, 5.41) is 0.917. The molecule has 1 heteroatoms. The highest BCUT2D eigenvalue weighted by molar-refractivity contribution is 7.99. The molecule has 0 aromatic heterocycles. The number of rotatable bonds is 4. The predicted molar refractivity (Wildman–Crippen MR) is 68.9 cm³/mol. The molecule has 0 aliphatic carbocycles. The van der Waals surface area contributed by atoms with Gasteiger partial charge in [0.15, 0.2) is 0 Å². The molecule has 1 rings (SSSR count). The second kappa shape index (κ2) is 10.6. The molecule has 0 bridgehead atoms. The molecule has 0 aliphatic heterocycles. The second-order valence-corrected chi connectivity index (χ2v) is 4.35. The van der Waals surface area contributed by atoms with Crippen LogP contribution in [0.1, 0.15) is 33.1 Å². The Labute approximate surface area is 93.1 Å². The number of thioether (sulfide) groups is 1. The minimum atomic E-state index is 0.917. The van der Waals surface area contributed by atoms with E-state index in [-0.39, 0.29) is 0 Å². The zero-order valence-electron chi connectivity index (χ0n) is 9.57. The van der Waals surface area contributed by atoms with Crippen molar-refractivity contribution in [1.82, 2.24) is 0 Å². The molecule has 0 N–H and O–H groups in total. The Kier molecular flexibility index (Phi) is 10.3. The van der Waals surface area contributed by atoms with Crippen LogP contribution in [0.2, 0.25) is 0 Å². The van der Waals surface area contributed by atoms with E-state index in [1.807, 2.05) is 48.2 Å². The molecular weight excluding hydrogens is 188 g/mol. The molecule has 0 radical (unpaired) electrons. The molecule has 80 valence electrons. The monoisotopic (exact) mass is 210 g/mol. The minimum Gasteiger partial charge on any atom is -0.162 e. The lowest BCUT2D eigenvalue weighted by Gasteiger charge is -2.07. The van der Waals surface area contributed by atoms with Crippen LogP contribution in [0.4, 0.5) is 0 Å². The molecule has 0 heterocycles. The fraction of sp³-hybridized carbons (Fsp3) is 0.538. The molecule has 1 unspecified atom stereocenters. The van der Waals surface area contributed by atoms with E-state index in [9.17, 15) is 0 Å². The summed E-state index contributed by atoms with van der Waals surface area (Å²) in [6.07, 6.45) is 6.25. The van der Waals surface area contributed by atoms with E-state index in [0.29, 0.717) is 0 Å². The van der Waals surface area contributed by atoms with Gasteiger partial charge < -0.3 is 0 Å². The van der Waals surface area contributed by atoms with E-state index in [1.54, 1.807) is 0 Å². The smallest absolute Gasteiger partial charge is 0.00415 e. The van der Waals surface area contributed by atoms with Gasteiger partial charge in [0, 0.05) is 5.25 Å². The molecule has 0 nitrogen and oxygen atoms in total. The molecular formula is C13H22S. The Bertz CT molecular complexity index is 153. The van der Waals surface area contributed by atoms with E-state index in [0.717, 1.165) is 5.25 Å². The largest absolute Gasteiger partial charge is 0.162 e. The summed E-state index contributed by atoms with van der Waals surface area (Å²) in [6.45, 7) is 4.51. The summed E-state index contributed by atoms with van der Waals surface area (Å²) < 4.78 is 0. The highest BCUT2D eigenvalue weighted by atomic mass is 32.2. The first-order valence-electron chi connectivity index (χ1n) is 5.37. The van der Waals surface area contributed by atoms with Crippen molar-refractivity contribution in [2.24, 2.45) is 0 Å². The topological polar surface area (TPSA) is 0 Å². The van der Waals surface area contributed by atoms with Crippen LogP contribution in [-0.2, 0) is 0 Å². The van der Waals surface area contributed by atoms with Crippen LogP contribution in [0.25, 0.3) is 0 Å². The lowest BCUT2D eigenvalue weighted by Crippen LogP contribution is -1.97. The summed E-state index contributed by atoms with van der Waals surface area (Å²) in [7, 11) is 0. The molecule has 0 saturated heterocycles. The molecule has 1 aromatic rings. The van der Waals surface area contributed by atoms with Gasteiger partial charge in [-0.05, 0) is 19.1 Å². The van der Waals surface area contributed by atoms with Crippen molar-refractivity contribution in [3.8, 4) is 0 Å². The Morgan fingerprint density at radius 2 is 1.36 bits per heavy atom. The van der Waals surface area contributed by atoms with E-state index in [4.69, 9.17) is 0 Å². The number of hydrogen-bond acceptors (Lipinski definition) is 1. The number of hydrogen-bond donors (Lipinski definition) is 0. The van der Waals surface area contributed by atoms with Crippen molar-refractivity contribution < 1.29 is 0 Å². The van der Waals surface area contributed by atoms with Gasteiger partial charge in [-0.1, -0.05) is 56.7 Å². The van der Waals surface area contributed by atoms with Crippen LogP contribution < -0.4 is 0 Å². The van der Waals surface area contributed by atoms with E-state index in [2.05, 4.69) is 20.1 Å². The van der Waals surface area contributed by atoms with Gasteiger partial charge >= 0.3 is 0 Å². The molecule has 0 spiro atoms. The fourth-order valence-electron chi connectivity index (χ4n) is 1.20. The average molecular weight is 210 g/mol. The van der Waals surface area contributed by atoms with Crippen molar-refractivity contribution in [3.05, 3.63) is 36.4 Å². The van der Waals surface area contributed by atoms with Crippen molar-refractivity contribution >= 4 is 11.8 Å². The Morgan fingerprint density at radius 3 is 1.50 bits per heavy atom. The fourth-order valence-corrected chi connectivity index (χ4v) is 2.00. The quantitative estimate of drug-likeness (QED) is 0.699. The van der Waals surface area contributed by atoms with E-state index < -0.39 is 0 Å². The van der Waals surface area contributed by atoms with Gasteiger partial charge in [-0.3, -0.25) is 0 Å². The summed E-state index contributed by atoms with van der Waals surface area (Å²) in [6, 6.07) is 12.0. The van der Waals surface area contributed by atoms with Crippen LogP contribution in [0, 0.1) is 0 Å². The van der Waals surface area contributed by atoms with E-state index in [1.165, 1.54) is 19.3 Å². The second-order valence-electron chi connectivity index (χ2n) is 3.21. The Morgan fingerprint density at radius 1 is 0.929 bits per heavy atom. The summed E-state index contributed by atoms with van der Waals surface area (Å²) in [5.74, 6) is 0. The molecule has 0 amide bonds. The maximum Gasteiger partial charge on any atom is 0.00415 e. The van der Waals surface area contributed by atoms with Crippen molar-refractivity contribution in [2.45, 2.75) is 38.4 Å². The summed E-state index contributed by atoms with van der Waals surface area (Å²) >= 11 is 1.99. The van der Waals surface area contributed by atoms with Gasteiger partial charge in [0.1, 0.15) is 0 Å². The standard InChI is InChI=1S/C7H16S.C6H6/c1-4-6-7(5-2)8-3;1-2-4-6-5-3-1/h7H,4-6H2,1-3H3;1-6H. The zero-order valence-corrected chi connectivity index (χ0v) is 10.4. The van der Waals surface area contributed by atoms with E-state index >= 15 is 0 Å². The first-order valence-corrected chi connectivity index (χ1v) is 6.66. The Hall–Kier alpha value is -0.430. The van der Waals surface area contributed by atoms with Crippen molar-refractivity contribution in [1.29, 1.82) is 0 Å². The van der Waals surface area contributed by atoms with Gasteiger partial charge in [-0.25, -0.2) is 0 Å². The molecule has 0 fully saturated rings. The molecule has 1 atom stereocenters. The van der Waals surface area contributed by atoms with Gasteiger partial charge in [-0.2, -0.15) is 11.8 Å². The first-order chi connectivity index (χ1) is 6.85. The van der Waals surface area contributed by atoms with Gasteiger partial charge in [0.05, 0.1) is 0 Å². The third-order valence-electron chi connectivity index (χ3n) is 2.07. The molecule has 0 aliphatic rings. The Balaban J connectivity index is 0.000000249. The number of benzene rings is 1. The van der Waals surface area contributed by atoms with Crippen LogP contribution in [-0.4, -0.2) is 11.5 Å². The first kappa shape index (κ1) is 13.6. The summed E-state index contributed by atoms with van der Waals surface area (Å²) in [4.78, 5) is 0. The van der Waals surface area contributed by atoms with Gasteiger partial charge in [0.2, 0.25) is 0 Å². The van der Waals surface area contributed by atoms with Gasteiger partial charge in [0.25, 0.3) is 0 Å². The average Bonchev–Trinajstić information content (AvgIpc) is 2.29. The van der Waals surface area contributed by atoms with Gasteiger partial charge in [-0.15, -0.1) is 0 Å². The van der Waals surface area contributed by atoms with Crippen molar-refractivity contribution in [2.75, 3.05) is 6.26 Å². The highest BCUT2D eigenvalue weighted by Gasteiger charge is 1.99.